The van der Waals surface area contributed by atoms with Crippen LogP contribution >= 0.6 is 0 Å². The SMILES string of the molecule is CCOC(=O)c1ccc(NC(=O)NCc2ccn(-c3cc4c(cc3C(F)(F)F)[nH]c(=O)c(=O)n4NC(=O)c3ccccc3C)c2)cc1. The Bertz CT molecular complexity index is 2120. The minimum Gasteiger partial charge on any atom is -0.462 e. The van der Waals surface area contributed by atoms with E-state index in [1.165, 1.54) is 48.8 Å². The smallest absolute Gasteiger partial charge is 0.418 e. The number of benzene rings is 3. The fourth-order valence-electron chi connectivity index (χ4n) is 4.75. The molecule has 0 spiro atoms. The number of anilines is 1. The first-order chi connectivity index (χ1) is 22.3. The van der Waals surface area contributed by atoms with E-state index in [0.717, 1.165) is 10.6 Å². The average Bonchev–Trinajstić information content (AvgIpc) is 3.51. The summed E-state index contributed by atoms with van der Waals surface area (Å²) in [6.07, 6.45) is -2.19. The molecule has 0 aliphatic heterocycles. The van der Waals surface area contributed by atoms with E-state index in [4.69, 9.17) is 4.74 Å². The van der Waals surface area contributed by atoms with Crippen LogP contribution in [0.3, 0.4) is 0 Å². The molecule has 5 rings (SSSR count). The van der Waals surface area contributed by atoms with Gasteiger partial charge in [0.15, 0.2) is 0 Å². The van der Waals surface area contributed by atoms with Gasteiger partial charge in [0.1, 0.15) is 0 Å². The highest BCUT2D eigenvalue weighted by Crippen LogP contribution is 2.36. The van der Waals surface area contributed by atoms with Gasteiger partial charge in [-0.15, -0.1) is 0 Å². The number of nitrogens with one attached hydrogen (secondary N) is 4. The molecule has 12 nitrogen and oxygen atoms in total. The van der Waals surface area contributed by atoms with E-state index in [-0.39, 0.29) is 29.7 Å². The molecule has 5 aromatic rings. The molecule has 0 aliphatic rings. The van der Waals surface area contributed by atoms with Crippen LogP contribution in [0.2, 0.25) is 0 Å². The molecule has 0 saturated carbocycles. The molecule has 15 heteroatoms. The van der Waals surface area contributed by atoms with Crippen molar-refractivity contribution in [1.29, 1.82) is 0 Å². The second-order valence-electron chi connectivity index (χ2n) is 10.3. The van der Waals surface area contributed by atoms with Gasteiger partial charge in [-0.2, -0.15) is 13.2 Å². The van der Waals surface area contributed by atoms with Gasteiger partial charge in [-0.3, -0.25) is 19.8 Å². The van der Waals surface area contributed by atoms with E-state index in [2.05, 4.69) is 21.0 Å². The predicted molar refractivity (Wildman–Crippen MR) is 166 cm³/mol. The average molecular weight is 649 g/mol. The number of alkyl halides is 3. The van der Waals surface area contributed by atoms with Crippen molar-refractivity contribution >= 4 is 34.6 Å². The van der Waals surface area contributed by atoms with E-state index in [1.54, 1.807) is 32.0 Å². The number of nitrogens with zero attached hydrogens (tertiary/aromatic N) is 2. The van der Waals surface area contributed by atoms with Crippen LogP contribution in [0.15, 0.2) is 88.7 Å². The Hall–Kier alpha value is -6.12. The maximum Gasteiger partial charge on any atom is 0.418 e. The quantitative estimate of drug-likeness (QED) is 0.141. The molecular weight excluding hydrogens is 621 g/mol. The van der Waals surface area contributed by atoms with E-state index in [1.807, 2.05) is 0 Å². The summed E-state index contributed by atoms with van der Waals surface area (Å²) < 4.78 is 49.5. The Morgan fingerprint density at radius 3 is 2.38 bits per heavy atom. The van der Waals surface area contributed by atoms with Crippen LogP contribution in [-0.4, -0.2) is 38.7 Å². The number of carbonyl (C=O) groups excluding carboxylic acids is 3. The van der Waals surface area contributed by atoms with E-state index >= 15 is 0 Å². The van der Waals surface area contributed by atoms with Crippen molar-refractivity contribution in [2.45, 2.75) is 26.6 Å². The highest BCUT2D eigenvalue weighted by atomic mass is 19.4. The molecule has 2 aromatic heterocycles. The zero-order valence-corrected chi connectivity index (χ0v) is 24.9. The first kappa shape index (κ1) is 32.3. The highest BCUT2D eigenvalue weighted by Gasteiger charge is 2.35. The number of halogens is 3. The van der Waals surface area contributed by atoms with Crippen molar-refractivity contribution in [1.82, 2.24) is 19.5 Å². The van der Waals surface area contributed by atoms with Gasteiger partial charge in [-0.05, 0) is 73.5 Å². The van der Waals surface area contributed by atoms with Gasteiger partial charge in [-0.1, -0.05) is 18.2 Å². The number of aromatic amines is 1. The van der Waals surface area contributed by atoms with Gasteiger partial charge < -0.3 is 24.9 Å². The molecular formula is C32H27F3N6O6. The van der Waals surface area contributed by atoms with Gasteiger partial charge in [0.2, 0.25) is 0 Å². The molecule has 0 unspecified atom stereocenters. The lowest BCUT2D eigenvalue weighted by Crippen LogP contribution is -2.42. The molecule has 0 atom stereocenters. The van der Waals surface area contributed by atoms with Crippen molar-refractivity contribution in [3.05, 3.63) is 128 Å². The molecule has 4 N–H and O–H groups in total. The zero-order valence-electron chi connectivity index (χ0n) is 24.9. The lowest BCUT2D eigenvalue weighted by molar-refractivity contribution is -0.137. The summed E-state index contributed by atoms with van der Waals surface area (Å²) in [5.74, 6) is -1.25. The molecule has 0 aliphatic carbocycles. The Morgan fingerprint density at radius 2 is 1.70 bits per heavy atom. The summed E-state index contributed by atoms with van der Waals surface area (Å²) >= 11 is 0. The summed E-state index contributed by atoms with van der Waals surface area (Å²) in [6, 6.07) is 15.0. The van der Waals surface area contributed by atoms with Crippen LogP contribution in [0.25, 0.3) is 16.7 Å². The number of carbonyl (C=O) groups is 3. The monoisotopic (exact) mass is 648 g/mol. The van der Waals surface area contributed by atoms with E-state index in [9.17, 15) is 37.1 Å². The Kier molecular flexibility index (Phi) is 8.99. The number of urea groups is 1. The summed E-state index contributed by atoms with van der Waals surface area (Å²) in [7, 11) is 0. The number of hydrogen-bond donors (Lipinski definition) is 4. The van der Waals surface area contributed by atoms with Gasteiger partial charge in [0.05, 0.1) is 34.5 Å². The fraction of sp³-hybridized carbons (Fsp3) is 0.156. The summed E-state index contributed by atoms with van der Waals surface area (Å²) in [5.41, 5.74) is -0.277. The summed E-state index contributed by atoms with van der Waals surface area (Å²) in [5, 5.41) is 5.19. The number of aryl methyl sites for hydroxylation is 1. The number of rotatable bonds is 8. The van der Waals surface area contributed by atoms with E-state index < -0.39 is 46.5 Å². The predicted octanol–water partition coefficient (Wildman–Crippen LogP) is 4.69. The number of hydrogen-bond acceptors (Lipinski definition) is 6. The lowest BCUT2D eigenvalue weighted by Gasteiger charge is -2.18. The highest BCUT2D eigenvalue weighted by molar-refractivity contribution is 6.02. The third kappa shape index (κ3) is 7.08. The summed E-state index contributed by atoms with van der Waals surface area (Å²) in [4.78, 5) is 64.6. The lowest BCUT2D eigenvalue weighted by atomic mass is 10.1. The van der Waals surface area contributed by atoms with Gasteiger partial charge in [0.25, 0.3) is 5.91 Å². The largest absolute Gasteiger partial charge is 0.462 e. The van der Waals surface area contributed by atoms with Crippen molar-refractivity contribution in [3.63, 3.8) is 0 Å². The molecule has 3 amide bonds. The van der Waals surface area contributed by atoms with Gasteiger partial charge in [-0.25, -0.2) is 14.3 Å². The maximum absolute atomic E-state index is 14.3. The second kappa shape index (κ2) is 13.1. The number of aromatic nitrogens is 3. The Labute approximate surface area is 263 Å². The molecule has 47 heavy (non-hydrogen) atoms. The fourth-order valence-corrected chi connectivity index (χ4v) is 4.75. The van der Waals surface area contributed by atoms with Crippen LogP contribution in [0.4, 0.5) is 23.7 Å². The van der Waals surface area contributed by atoms with Gasteiger partial charge >= 0.3 is 29.3 Å². The second-order valence-corrected chi connectivity index (χ2v) is 10.3. The molecule has 0 saturated heterocycles. The molecule has 3 aromatic carbocycles. The number of H-pyrrole nitrogens is 1. The minimum absolute atomic E-state index is 0.0703. The van der Waals surface area contributed by atoms with Crippen LogP contribution in [0, 0.1) is 6.92 Å². The number of esters is 1. The molecule has 0 fully saturated rings. The van der Waals surface area contributed by atoms with Crippen molar-refractivity contribution in [2.24, 2.45) is 0 Å². The molecule has 2 heterocycles. The molecule has 0 radical (unpaired) electrons. The Morgan fingerprint density at radius 1 is 0.979 bits per heavy atom. The number of amides is 3. The Balaban J connectivity index is 1.41. The summed E-state index contributed by atoms with van der Waals surface area (Å²) in [6.45, 7) is 3.49. The first-order valence-corrected chi connectivity index (χ1v) is 14.1. The van der Waals surface area contributed by atoms with Crippen LogP contribution < -0.4 is 27.2 Å². The normalized spacial score (nSPS) is 11.3. The number of fused-ring (bicyclic) bond motifs is 1. The van der Waals surface area contributed by atoms with Crippen LogP contribution in [0.1, 0.15) is 44.3 Å². The van der Waals surface area contributed by atoms with Crippen molar-refractivity contribution < 1.29 is 32.3 Å². The van der Waals surface area contributed by atoms with Crippen molar-refractivity contribution in [3.8, 4) is 5.69 Å². The minimum atomic E-state index is -4.88. The van der Waals surface area contributed by atoms with Crippen LogP contribution in [0.5, 0.6) is 0 Å². The third-order valence-corrected chi connectivity index (χ3v) is 7.05. The van der Waals surface area contributed by atoms with E-state index in [0.29, 0.717) is 33.1 Å². The molecule has 242 valence electrons. The topological polar surface area (TPSA) is 156 Å². The van der Waals surface area contributed by atoms with Crippen molar-refractivity contribution in [2.75, 3.05) is 17.3 Å². The number of ether oxygens (including phenoxy) is 1. The molecule has 0 bridgehead atoms. The van der Waals surface area contributed by atoms with Gasteiger partial charge in [0, 0.05) is 30.2 Å². The zero-order chi connectivity index (χ0) is 33.9. The standard InChI is InChI=1S/C32H27F3N6O6/c1-3-47-30(45)20-8-10-21(11-9-20)37-31(46)36-16-19-12-13-40(17-19)25-15-26-24(14-23(25)32(33,34)35)38-28(43)29(44)41(26)39-27(42)22-7-5-4-6-18(22)2/h4-15,17H,3,16H2,1-2H3,(H,38,43)(H,39,42)(H2,36,37,46). The third-order valence-electron chi connectivity index (χ3n) is 7.05. The first-order valence-electron chi connectivity index (χ1n) is 14.1. The maximum atomic E-state index is 14.3. The van der Waals surface area contributed by atoms with Crippen LogP contribution in [-0.2, 0) is 17.5 Å².